The summed E-state index contributed by atoms with van der Waals surface area (Å²) in [5.41, 5.74) is 7.01. The fraction of sp³-hybridized carbons (Fsp3) is 0.517. The van der Waals surface area contributed by atoms with Gasteiger partial charge in [0.25, 0.3) is 0 Å². The lowest BCUT2D eigenvalue weighted by molar-refractivity contribution is 0.230. The average Bonchev–Trinajstić information content (AvgIpc) is 2.75. The minimum absolute atomic E-state index is 0.353. The maximum Gasteiger partial charge on any atom is 0.111 e. The summed E-state index contributed by atoms with van der Waals surface area (Å²) in [5.74, 6) is 2.24. The summed E-state index contributed by atoms with van der Waals surface area (Å²) in [4.78, 5) is 0. The minimum atomic E-state index is 0.353. The molecule has 0 fully saturated rings. The van der Waals surface area contributed by atoms with Crippen LogP contribution < -0.4 is 5.01 Å². The Morgan fingerprint density at radius 1 is 0.788 bits per heavy atom. The molecule has 0 heterocycles. The van der Waals surface area contributed by atoms with Crippen molar-refractivity contribution in [3.63, 3.8) is 0 Å². The molecule has 0 spiro atoms. The number of allylic oxidation sites excluding steroid dienone is 1. The van der Waals surface area contributed by atoms with Crippen molar-refractivity contribution >= 4 is 11.4 Å². The van der Waals surface area contributed by atoms with Gasteiger partial charge < -0.3 is 4.74 Å². The number of para-hydroxylation sites is 1. The zero-order valence-corrected chi connectivity index (χ0v) is 22.3. The largest absolute Gasteiger partial charge is 0.497 e. The van der Waals surface area contributed by atoms with Crippen LogP contribution in [-0.4, -0.2) is 6.61 Å². The third kappa shape index (κ3) is 6.69. The van der Waals surface area contributed by atoms with Crippen LogP contribution in [0.15, 0.2) is 58.7 Å². The van der Waals surface area contributed by atoms with Crippen molar-refractivity contribution in [2.24, 2.45) is 10.3 Å². The second-order valence-electron chi connectivity index (χ2n) is 9.90. The fourth-order valence-electron chi connectivity index (χ4n) is 4.07. The Balaban J connectivity index is 2.77. The first kappa shape index (κ1) is 26.6. The van der Waals surface area contributed by atoms with E-state index < -0.39 is 0 Å². The lowest BCUT2D eigenvalue weighted by atomic mass is 9.92. The van der Waals surface area contributed by atoms with Crippen molar-refractivity contribution in [3.05, 3.63) is 70.6 Å². The molecular formula is C29H43N3O. The number of anilines is 1. The molecule has 4 heteroatoms. The molecule has 4 nitrogen and oxygen atoms in total. The monoisotopic (exact) mass is 449 g/mol. The number of hydrogen-bond acceptors (Lipinski definition) is 3. The smallest absolute Gasteiger partial charge is 0.111 e. The molecule has 2 aromatic carbocycles. The van der Waals surface area contributed by atoms with Crippen molar-refractivity contribution < 1.29 is 4.74 Å². The molecule has 0 aliphatic heterocycles. The van der Waals surface area contributed by atoms with Crippen LogP contribution in [0.2, 0.25) is 0 Å². The van der Waals surface area contributed by atoms with E-state index in [0.717, 1.165) is 17.1 Å². The second kappa shape index (κ2) is 12.0. The first-order valence-electron chi connectivity index (χ1n) is 12.4. The Bertz CT molecular complexity index is 918. The first-order chi connectivity index (χ1) is 15.6. The van der Waals surface area contributed by atoms with Gasteiger partial charge in [-0.1, -0.05) is 97.0 Å². The maximum absolute atomic E-state index is 5.79. The first-order valence-corrected chi connectivity index (χ1v) is 12.4. The van der Waals surface area contributed by atoms with Crippen LogP contribution in [0.4, 0.5) is 11.4 Å². The molecule has 0 aliphatic rings. The summed E-state index contributed by atoms with van der Waals surface area (Å²) >= 11 is 0. The predicted octanol–water partition coefficient (Wildman–Crippen LogP) is 9.58. The Kier molecular flexibility index (Phi) is 9.70. The van der Waals surface area contributed by atoms with Gasteiger partial charge in [-0.15, -0.1) is 5.11 Å². The van der Waals surface area contributed by atoms with Crippen molar-refractivity contribution in [2.75, 3.05) is 11.6 Å². The highest BCUT2D eigenvalue weighted by atomic mass is 16.5. The molecule has 2 aromatic rings. The molecular weight excluding hydrogens is 406 g/mol. The van der Waals surface area contributed by atoms with Gasteiger partial charge in [-0.05, 0) is 59.8 Å². The lowest BCUT2D eigenvalue weighted by Crippen LogP contribution is -2.15. The summed E-state index contributed by atoms with van der Waals surface area (Å²) in [6.45, 7) is 22.3. The van der Waals surface area contributed by atoms with Gasteiger partial charge in [-0.25, -0.2) is 5.01 Å². The van der Waals surface area contributed by atoms with Crippen LogP contribution in [0.5, 0.6) is 0 Å². The molecule has 0 radical (unpaired) electrons. The van der Waals surface area contributed by atoms with Gasteiger partial charge in [0.2, 0.25) is 0 Å². The number of benzene rings is 2. The van der Waals surface area contributed by atoms with Gasteiger partial charge in [0.15, 0.2) is 0 Å². The fourth-order valence-corrected chi connectivity index (χ4v) is 4.07. The molecule has 0 atom stereocenters. The molecule has 0 amide bonds. The molecule has 0 saturated heterocycles. The van der Waals surface area contributed by atoms with E-state index in [1.165, 1.54) is 22.3 Å². The summed E-state index contributed by atoms with van der Waals surface area (Å²) in [5, 5.41) is 11.7. The average molecular weight is 450 g/mol. The van der Waals surface area contributed by atoms with E-state index in [1.54, 1.807) is 0 Å². The van der Waals surface area contributed by atoms with Crippen LogP contribution in [0.25, 0.3) is 0 Å². The van der Waals surface area contributed by atoms with Crippen molar-refractivity contribution in [1.29, 1.82) is 0 Å². The van der Waals surface area contributed by atoms with Crippen LogP contribution in [0.1, 0.15) is 115 Å². The predicted molar refractivity (Wildman–Crippen MR) is 142 cm³/mol. The minimum Gasteiger partial charge on any atom is -0.497 e. The van der Waals surface area contributed by atoms with Crippen LogP contribution in [-0.2, 0) is 4.74 Å². The van der Waals surface area contributed by atoms with E-state index in [9.17, 15) is 0 Å². The van der Waals surface area contributed by atoms with Crippen LogP contribution >= 0.6 is 0 Å². The molecule has 2 rings (SSSR count). The van der Waals surface area contributed by atoms with Gasteiger partial charge in [0.1, 0.15) is 5.76 Å². The van der Waals surface area contributed by atoms with E-state index in [1.807, 2.05) is 25.1 Å². The van der Waals surface area contributed by atoms with Gasteiger partial charge in [-0.2, -0.15) is 0 Å². The topological polar surface area (TPSA) is 37.2 Å². The van der Waals surface area contributed by atoms with Crippen molar-refractivity contribution in [1.82, 2.24) is 0 Å². The number of hydrogen-bond donors (Lipinski definition) is 0. The zero-order chi connectivity index (χ0) is 24.7. The Morgan fingerprint density at radius 3 is 1.61 bits per heavy atom. The highest BCUT2D eigenvalue weighted by Crippen LogP contribution is 2.38. The summed E-state index contributed by atoms with van der Waals surface area (Å²) < 4.78 is 5.79. The maximum atomic E-state index is 5.79. The Hall–Kier alpha value is -2.62. The van der Waals surface area contributed by atoms with Gasteiger partial charge >= 0.3 is 0 Å². The number of ether oxygens (including phenoxy) is 1. The van der Waals surface area contributed by atoms with E-state index >= 15 is 0 Å². The summed E-state index contributed by atoms with van der Waals surface area (Å²) in [6.07, 6.45) is 1.97. The van der Waals surface area contributed by atoms with Crippen LogP contribution in [0.3, 0.4) is 0 Å². The molecule has 0 aliphatic carbocycles. The molecule has 180 valence electrons. The third-order valence-electron chi connectivity index (χ3n) is 5.83. The quantitative estimate of drug-likeness (QED) is 0.206. The number of nitrogens with zero attached hydrogens (tertiary/aromatic N) is 3. The summed E-state index contributed by atoms with van der Waals surface area (Å²) in [7, 11) is 0. The van der Waals surface area contributed by atoms with Gasteiger partial charge in [-0.3, -0.25) is 0 Å². The molecule has 0 saturated carbocycles. The number of rotatable bonds is 10. The molecule has 0 N–H and O–H groups in total. The van der Waals surface area contributed by atoms with Gasteiger partial charge in [0, 0.05) is 0 Å². The van der Waals surface area contributed by atoms with E-state index in [-0.39, 0.29) is 0 Å². The standard InChI is InChI=1S/C29H43N3O/c1-11-33-23(10)18-32(29-26(21(6)7)16-13-17-27(29)22(8)9)31-30-28-24(19(2)3)14-12-15-25(28)20(4)5/h12-22H,11H2,1-10H3/b23-18+,31-30?. The molecule has 0 bridgehead atoms. The zero-order valence-electron chi connectivity index (χ0n) is 22.3. The van der Waals surface area contributed by atoms with Crippen molar-refractivity contribution in [3.8, 4) is 0 Å². The third-order valence-corrected chi connectivity index (χ3v) is 5.83. The van der Waals surface area contributed by atoms with E-state index in [0.29, 0.717) is 30.3 Å². The molecule has 0 unspecified atom stereocenters. The highest BCUT2D eigenvalue weighted by molar-refractivity contribution is 5.63. The van der Waals surface area contributed by atoms with Gasteiger partial charge in [0.05, 0.1) is 24.2 Å². The lowest BCUT2D eigenvalue weighted by Gasteiger charge is -2.25. The molecule has 0 aromatic heterocycles. The Morgan fingerprint density at radius 2 is 1.21 bits per heavy atom. The second-order valence-corrected chi connectivity index (χ2v) is 9.90. The van der Waals surface area contributed by atoms with E-state index in [2.05, 4.69) is 91.8 Å². The highest BCUT2D eigenvalue weighted by Gasteiger charge is 2.20. The molecule has 33 heavy (non-hydrogen) atoms. The SMILES string of the molecule is CCO/C(C)=C/N(N=Nc1c(C(C)C)cccc1C(C)C)c1c(C(C)C)cccc1C(C)C. The van der Waals surface area contributed by atoms with Crippen LogP contribution in [0, 0.1) is 0 Å². The van der Waals surface area contributed by atoms with E-state index in [4.69, 9.17) is 15.1 Å². The summed E-state index contributed by atoms with van der Waals surface area (Å²) in [6, 6.07) is 13.0. The Labute approximate surface area is 201 Å². The van der Waals surface area contributed by atoms with Crippen molar-refractivity contribution in [2.45, 2.75) is 92.9 Å². The normalized spacial score (nSPS) is 12.6.